The summed E-state index contributed by atoms with van der Waals surface area (Å²) in [7, 11) is 0. The van der Waals surface area contributed by atoms with Crippen LogP contribution in [0.2, 0.25) is 0 Å². The van der Waals surface area contributed by atoms with E-state index in [1.54, 1.807) is 0 Å². The molecule has 0 aliphatic rings. The molecule has 0 atom stereocenters. The number of hydrogen-bond acceptors (Lipinski definition) is 0. The smallest absolute Gasteiger partial charge is 0.00203 e. The van der Waals surface area contributed by atoms with E-state index in [0.717, 1.165) is 0 Å². The maximum Gasteiger partial charge on any atom is -0.00203 e. The second-order valence-corrected chi connectivity index (χ2v) is 25.8. The van der Waals surface area contributed by atoms with Crippen LogP contribution in [-0.2, 0) is 21.7 Å². The third-order valence-corrected chi connectivity index (χ3v) is 16.7. The van der Waals surface area contributed by atoms with Crippen LogP contribution in [0.1, 0.15) is 105 Å². The van der Waals surface area contributed by atoms with E-state index in [1.807, 2.05) is 0 Å². The molecular weight excluding hydrogens is 889 g/mol. The Bertz CT molecular complexity index is 4070. The molecule has 13 aromatic carbocycles. The van der Waals surface area contributed by atoms with Crippen LogP contribution in [0.3, 0.4) is 0 Å². The minimum atomic E-state index is 0.0387. The zero-order valence-corrected chi connectivity index (χ0v) is 45.3. The predicted molar refractivity (Wildman–Crippen MR) is 325 cm³/mol. The molecule has 0 heterocycles. The van der Waals surface area contributed by atoms with Crippen molar-refractivity contribution in [2.24, 2.45) is 0 Å². The molecule has 13 aromatic rings. The van der Waals surface area contributed by atoms with Crippen molar-refractivity contribution in [3.8, 4) is 44.5 Å². The van der Waals surface area contributed by atoms with Crippen LogP contribution in [0.25, 0.3) is 131 Å². The Hall–Kier alpha value is -7.54. The highest BCUT2D eigenvalue weighted by atomic mass is 14.3. The highest BCUT2D eigenvalue weighted by Crippen LogP contribution is 2.50. The third-order valence-electron chi connectivity index (χ3n) is 16.7. The van der Waals surface area contributed by atoms with Crippen molar-refractivity contribution >= 4 is 86.2 Å². The van der Waals surface area contributed by atoms with Crippen LogP contribution in [-0.4, -0.2) is 0 Å². The van der Waals surface area contributed by atoms with E-state index in [0.29, 0.717) is 0 Å². The summed E-state index contributed by atoms with van der Waals surface area (Å²) in [5.41, 5.74) is 15.6. The number of benzene rings is 13. The third kappa shape index (κ3) is 7.31. The van der Waals surface area contributed by atoms with E-state index in [4.69, 9.17) is 0 Å². The second-order valence-electron chi connectivity index (χ2n) is 25.8. The van der Waals surface area contributed by atoms with Gasteiger partial charge >= 0.3 is 0 Å². The van der Waals surface area contributed by atoms with Gasteiger partial charge in [0.05, 0.1) is 0 Å². The second kappa shape index (κ2) is 16.0. The summed E-state index contributed by atoms with van der Waals surface area (Å²) < 4.78 is 0. The van der Waals surface area contributed by atoms with E-state index in [-0.39, 0.29) is 21.7 Å². The summed E-state index contributed by atoms with van der Waals surface area (Å²) in [6, 6.07) is 71.5. The lowest BCUT2D eigenvalue weighted by Gasteiger charge is -2.24. The monoisotopic (exact) mass is 955 g/mol. The van der Waals surface area contributed by atoms with Crippen LogP contribution in [0.5, 0.6) is 0 Å². The molecule has 0 saturated heterocycles. The van der Waals surface area contributed by atoms with Crippen LogP contribution in [0.15, 0.2) is 182 Å². The van der Waals surface area contributed by atoms with Crippen LogP contribution >= 0.6 is 0 Å². The molecule has 0 fully saturated rings. The zero-order valence-electron chi connectivity index (χ0n) is 45.3. The molecule has 13 rings (SSSR count). The fraction of sp³-hybridized carbons (Fsp3) is 0.216. The number of fused-ring (bicyclic) bond motifs is 3. The van der Waals surface area contributed by atoms with E-state index in [9.17, 15) is 0 Å². The maximum atomic E-state index is 2.52. The van der Waals surface area contributed by atoms with Gasteiger partial charge in [-0.25, -0.2) is 0 Å². The molecule has 362 valence electrons. The highest BCUT2D eigenvalue weighted by molar-refractivity contribution is 6.29. The quantitative estimate of drug-likeness (QED) is 0.154. The van der Waals surface area contributed by atoms with Crippen molar-refractivity contribution in [3.63, 3.8) is 0 Å². The van der Waals surface area contributed by atoms with Crippen LogP contribution in [0, 0.1) is 0 Å². The van der Waals surface area contributed by atoms with Gasteiger partial charge in [0.1, 0.15) is 0 Å². The molecular formula is C74H66. The van der Waals surface area contributed by atoms with Crippen LogP contribution in [0.4, 0.5) is 0 Å². The summed E-state index contributed by atoms with van der Waals surface area (Å²) in [4.78, 5) is 0. The fourth-order valence-corrected chi connectivity index (χ4v) is 12.5. The van der Waals surface area contributed by atoms with E-state index < -0.39 is 0 Å². The molecule has 0 amide bonds. The maximum absolute atomic E-state index is 2.52. The summed E-state index contributed by atoms with van der Waals surface area (Å²) >= 11 is 0. The first-order valence-corrected chi connectivity index (χ1v) is 26.9. The standard InChI is InChI=1S/C74H66/c1-71(2,3)53-27-17-45(18-28-53)69-61-33-23-47(57-31-21-43-13-15-49-37-55(73(7,8)9)39-51-25-35-59(57)67(43)65(49)51)41-63(61)64-42-48(24-34-62(64)70(69)46-19-29-54(30-20-46)72(4,5)6)58-32-22-44-14-16-50-38-56(74(10,11)12)40-52-26-36-60(58)68(44)66(50)52/h13-42H,1-12H3. The zero-order chi connectivity index (χ0) is 51.4. The van der Waals surface area contributed by atoms with Gasteiger partial charge in [-0.05, 0) is 187 Å². The lowest BCUT2D eigenvalue weighted by molar-refractivity contribution is 0.590. The molecule has 0 spiro atoms. The number of rotatable bonds is 4. The average Bonchev–Trinajstić information content (AvgIpc) is 3.39. The van der Waals surface area contributed by atoms with Crippen molar-refractivity contribution in [1.82, 2.24) is 0 Å². The first kappa shape index (κ1) is 46.3. The Morgan fingerprint density at radius 3 is 0.824 bits per heavy atom. The summed E-state index contributed by atoms with van der Waals surface area (Å²) in [6.45, 7) is 27.7. The van der Waals surface area contributed by atoms with Crippen molar-refractivity contribution in [2.45, 2.75) is 105 Å². The summed E-state index contributed by atoms with van der Waals surface area (Å²) in [5.74, 6) is 0. The molecule has 0 aliphatic carbocycles. The van der Waals surface area contributed by atoms with Crippen molar-refractivity contribution < 1.29 is 0 Å². The lowest BCUT2D eigenvalue weighted by Crippen LogP contribution is -2.10. The Morgan fingerprint density at radius 2 is 0.486 bits per heavy atom. The lowest BCUT2D eigenvalue weighted by atomic mass is 9.80. The van der Waals surface area contributed by atoms with E-state index in [2.05, 4.69) is 265 Å². The highest BCUT2D eigenvalue weighted by Gasteiger charge is 2.25. The van der Waals surface area contributed by atoms with Gasteiger partial charge in [-0.1, -0.05) is 253 Å². The molecule has 0 bridgehead atoms. The Labute approximate surface area is 437 Å². The minimum absolute atomic E-state index is 0.0387. The summed E-state index contributed by atoms with van der Waals surface area (Å²) in [6.07, 6.45) is 0. The number of hydrogen-bond donors (Lipinski definition) is 0. The fourth-order valence-electron chi connectivity index (χ4n) is 12.5. The minimum Gasteiger partial charge on any atom is -0.0579 e. The Morgan fingerprint density at radius 1 is 0.203 bits per heavy atom. The van der Waals surface area contributed by atoms with Gasteiger partial charge in [-0.3, -0.25) is 0 Å². The molecule has 0 radical (unpaired) electrons. The van der Waals surface area contributed by atoms with Crippen LogP contribution < -0.4 is 0 Å². The van der Waals surface area contributed by atoms with Gasteiger partial charge in [0.15, 0.2) is 0 Å². The molecule has 0 aliphatic heterocycles. The first-order valence-electron chi connectivity index (χ1n) is 26.9. The topological polar surface area (TPSA) is 0 Å². The van der Waals surface area contributed by atoms with E-state index >= 15 is 0 Å². The van der Waals surface area contributed by atoms with Gasteiger partial charge in [0, 0.05) is 0 Å². The van der Waals surface area contributed by atoms with Crippen molar-refractivity contribution in [3.05, 3.63) is 204 Å². The molecule has 0 heteroatoms. The SMILES string of the molecule is CC(C)(C)c1ccc(-c2c(-c3ccc(C(C)(C)C)cc3)c3ccc(-c4ccc5ccc6cc(C(C)(C)C)cc7ccc4c5c67)cc3c3cc(-c4ccc5ccc6cc(C(C)(C)C)cc7ccc4c5c67)ccc23)cc1. The molecule has 0 saturated carbocycles. The molecule has 0 N–H and O–H groups in total. The molecule has 74 heavy (non-hydrogen) atoms. The first-order chi connectivity index (χ1) is 35.2. The van der Waals surface area contributed by atoms with Gasteiger partial charge in [-0.15, -0.1) is 0 Å². The molecule has 0 nitrogen and oxygen atoms in total. The predicted octanol–water partition coefficient (Wildman–Crippen LogP) is 21.6. The van der Waals surface area contributed by atoms with Gasteiger partial charge in [0.2, 0.25) is 0 Å². The van der Waals surface area contributed by atoms with Gasteiger partial charge < -0.3 is 0 Å². The molecule has 0 unspecified atom stereocenters. The van der Waals surface area contributed by atoms with Gasteiger partial charge in [0.25, 0.3) is 0 Å². The molecule has 0 aromatic heterocycles. The largest absolute Gasteiger partial charge is 0.0579 e. The van der Waals surface area contributed by atoms with Crippen molar-refractivity contribution in [1.29, 1.82) is 0 Å². The van der Waals surface area contributed by atoms with Gasteiger partial charge in [-0.2, -0.15) is 0 Å². The Kier molecular flexibility index (Phi) is 9.99. The van der Waals surface area contributed by atoms with E-state index in [1.165, 1.54) is 153 Å². The average molecular weight is 955 g/mol. The van der Waals surface area contributed by atoms with Crippen molar-refractivity contribution in [2.75, 3.05) is 0 Å². The summed E-state index contributed by atoms with van der Waals surface area (Å²) in [5, 5.41) is 20.9. The Balaban J connectivity index is 1.11. The normalized spacial score (nSPS) is 13.1.